The van der Waals surface area contributed by atoms with E-state index in [4.69, 9.17) is 4.74 Å². The molecule has 0 aliphatic rings. The summed E-state index contributed by atoms with van der Waals surface area (Å²) in [6, 6.07) is 8.34. The second-order valence-corrected chi connectivity index (χ2v) is 4.43. The molecule has 2 rings (SSSR count). The summed E-state index contributed by atoms with van der Waals surface area (Å²) in [4.78, 5) is 4.49. The second kappa shape index (κ2) is 4.03. The van der Waals surface area contributed by atoms with Gasteiger partial charge >= 0.3 is 0 Å². The molecule has 78 valence electrons. The Bertz CT molecular complexity index is 476. The first-order valence-corrected chi connectivity index (χ1v) is 5.61. The summed E-state index contributed by atoms with van der Waals surface area (Å²) in [5.41, 5.74) is 3.37. The van der Waals surface area contributed by atoms with E-state index in [0.29, 0.717) is 0 Å². The van der Waals surface area contributed by atoms with Gasteiger partial charge in [-0.25, -0.2) is 4.98 Å². The van der Waals surface area contributed by atoms with Gasteiger partial charge in [0.05, 0.1) is 12.8 Å². The van der Waals surface area contributed by atoms with E-state index in [0.717, 1.165) is 21.3 Å². The summed E-state index contributed by atoms with van der Waals surface area (Å²) < 4.78 is 5.23. The Labute approximate surface area is 93.6 Å². The van der Waals surface area contributed by atoms with Crippen LogP contribution in [-0.2, 0) is 0 Å². The number of hydrogen-bond acceptors (Lipinski definition) is 3. The van der Waals surface area contributed by atoms with Crippen LogP contribution in [-0.4, -0.2) is 12.1 Å². The summed E-state index contributed by atoms with van der Waals surface area (Å²) >= 11 is 1.59. The van der Waals surface area contributed by atoms with E-state index in [-0.39, 0.29) is 0 Å². The number of methoxy groups -OCH3 is 1. The van der Waals surface area contributed by atoms with Gasteiger partial charge in [-0.2, -0.15) is 0 Å². The van der Waals surface area contributed by atoms with Gasteiger partial charge in [0, 0.05) is 5.56 Å². The molecule has 0 saturated carbocycles. The number of nitrogens with zero attached hydrogens (tertiary/aromatic N) is 1. The van der Waals surface area contributed by atoms with Crippen LogP contribution in [0.3, 0.4) is 0 Å². The molecule has 2 nitrogen and oxygen atoms in total. The molecule has 0 spiro atoms. The first kappa shape index (κ1) is 10.2. The van der Waals surface area contributed by atoms with Gasteiger partial charge in [-0.1, -0.05) is 35.1 Å². The molecule has 1 aromatic carbocycles. The van der Waals surface area contributed by atoms with Crippen LogP contribution in [0.4, 0.5) is 0 Å². The molecule has 15 heavy (non-hydrogen) atoms. The quantitative estimate of drug-likeness (QED) is 0.772. The molecule has 0 fully saturated rings. The molecule has 3 heteroatoms. The highest BCUT2D eigenvalue weighted by atomic mass is 32.1. The predicted octanol–water partition coefficient (Wildman–Crippen LogP) is 3.44. The summed E-state index contributed by atoms with van der Waals surface area (Å²) in [7, 11) is 1.68. The van der Waals surface area contributed by atoms with Crippen LogP contribution < -0.4 is 4.74 Å². The molecule has 0 atom stereocenters. The van der Waals surface area contributed by atoms with Crippen molar-refractivity contribution in [1.82, 2.24) is 4.98 Å². The average Bonchev–Trinajstić information content (AvgIpc) is 2.60. The van der Waals surface area contributed by atoms with E-state index in [9.17, 15) is 0 Å². The highest BCUT2D eigenvalue weighted by Crippen LogP contribution is 2.33. The maximum atomic E-state index is 5.23. The van der Waals surface area contributed by atoms with Crippen molar-refractivity contribution in [3.8, 4) is 15.6 Å². The Kier molecular flexibility index (Phi) is 2.73. The number of aryl methyl sites for hydroxylation is 2. The van der Waals surface area contributed by atoms with Crippen molar-refractivity contribution < 1.29 is 4.74 Å². The number of hydrogen-bond donors (Lipinski definition) is 0. The molecule has 0 radical (unpaired) electrons. The van der Waals surface area contributed by atoms with Crippen LogP contribution >= 0.6 is 11.3 Å². The van der Waals surface area contributed by atoms with Crippen molar-refractivity contribution in [3.63, 3.8) is 0 Å². The minimum atomic E-state index is 0.895. The first-order chi connectivity index (χ1) is 7.20. The molecule has 0 saturated heterocycles. The van der Waals surface area contributed by atoms with E-state index in [1.165, 1.54) is 5.56 Å². The molecule has 0 N–H and O–H groups in total. The lowest BCUT2D eigenvalue weighted by molar-refractivity contribution is 0.423. The molecule has 0 amide bonds. The number of benzene rings is 1. The summed E-state index contributed by atoms with van der Waals surface area (Å²) in [5, 5.41) is 1.92. The zero-order chi connectivity index (χ0) is 10.8. The van der Waals surface area contributed by atoms with Crippen LogP contribution in [0.25, 0.3) is 10.6 Å². The topological polar surface area (TPSA) is 22.1 Å². The minimum absolute atomic E-state index is 0.895. The van der Waals surface area contributed by atoms with Gasteiger partial charge in [-0.3, -0.25) is 0 Å². The maximum Gasteiger partial charge on any atom is 0.197 e. The van der Waals surface area contributed by atoms with Gasteiger partial charge in [0.15, 0.2) is 5.06 Å². The van der Waals surface area contributed by atoms with Gasteiger partial charge < -0.3 is 4.74 Å². The Morgan fingerprint density at radius 2 is 2.07 bits per heavy atom. The minimum Gasteiger partial charge on any atom is -0.486 e. The summed E-state index contributed by atoms with van der Waals surface area (Å²) in [6.07, 6.45) is 0. The zero-order valence-corrected chi connectivity index (χ0v) is 9.89. The fourth-order valence-electron chi connectivity index (χ4n) is 1.47. The Morgan fingerprint density at radius 1 is 1.27 bits per heavy atom. The van der Waals surface area contributed by atoms with Gasteiger partial charge in [-0.15, -0.1) is 0 Å². The highest BCUT2D eigenvalue weighted by Gasteiger charge is 2.09. The smallest absolute Gasteiger partial charge is 0.197 e. The van der Waals surface area contributed by atoms with Crippen molar-refractivity contribution in [2.45, 2.75) is 13.8 Å². The summed E-state index contributed by atoms with van der Waals surface area (Å²) in [6.45, 7) is 4.05. The zero-order valence-electron chi connectivity index (χ0n) is 9.07. The third-order valence-electron chi connectivity index (χ3n) is 2.20. The van der Waals surface area contributed by atoms with Gasteiger partial charge in [0.2, 0.25) is 0 Å². The van der Waals surface area contributed by atoms with Gasteiger partial charge in [0.1, 0.15) is 5.01 Å². The number of ether oxygens (including phenoxy) is 1. The fraction of sp³-hybridized carbons (Fsp3) is 0.250. The van der Waals surface area contributed by atoms with Gasteiger partial charge in [0.25, 0.3) is 0 Å². The SMILES string of the molecule is COc1sc(-c2cccc(C)c2)nc1C. The lowest BCUT2D eigenvalue weighted by atomic mass is 10.1. The lowest BCUT2D eigenvalue weighted by Gasteiger charge is -1.96. The van der Waals surface area contributed by atoms with Crippen LogP contribution in [0.1, 0.15) is 11.3 Å². The first-order valence-electron chi connectivity index (χ1n) is 4.79. The molecule has 0 aliphatic heterocycles. The number of thiazole rings is 1. The van der Waals surface area contributed by atoms with E-state index in [2.05, 4.69) is 30.1 Å². The molecule has 0 bridgehead atoms. The molecule has 0 aliphatic carbocycles. The average molecular weight is 219 g/mol. The molecular weight excluding hydrogens is 206 g/mol. The Hall–Kier alpha value is -1.35. The normalized spacial score (nSPS) is 10.3. The standard InChI is InChI=1S/C12H13NOS/c1-8-5-4-6-10(7-8)11-13-9(2)12(14-3)15-11/h4-7H,1-3H3. The lowest BCUT2D eigenvalue weighted by Crippen LogP contribution is -1.80. The van der Waals surface area contributed by atoms with Crippen molar-refractivity contribution >= 4 is 11.3 Å². The van der Waals surface area contributed by atoms with Crippen LogP contribution in [0.5, 0.6) is 5.06 Å². The van der Waals surface area contributed by atoms with Gasteiger partial charge in [-0.05, 0) is 19.9 Å². The third-order valence-corrected chi connectivity index (χ3v) is 3.37. The van der Waals surface area contributed by atoms with Crippen molar-refractivity contribution in [1.29, 1.82) is 0 Å². The number of aromatic nitrogens is 1. The molecule has 0 unspecified atom stereocenters. The molecular formula is C12H13NOS. The predicted molar refractivity (Wildman–Crippen MR) is 63.6 cm³/mol. The largest absolute Gasteiger partial charge is 0.486 e. The van der Waals surface area contributed by atoms with Crippen LogP contribution in [0, 0.1) is 13.8 Å². The van der Waals surface area contributed by atoms with E-state index in [1.54, 1.807) is 18.4 Å². The van der Waals surface area contributed by atoms with Crippen molar-refractivity contribution in [3.05, 3.63) is 35.5 Å². The fourth-order valence-corrected chi connectivity index (χ4v) is 2.35. The number of rotatable bonds is 2. The summed E-state index contributed by atoms with van der Waals surface area (Å²) in [5.74, 6) is 0. The molecule has 1 aromatic heterocycles. The Morgan fingerprint density at radius 3 is 2.67 bits per heavy atom. The van der Waals surface area contributed by atoms with Crippen LogP contribution in [0.15, 0.2) is 24.3 Å². The van der Waals surface area contributed by atoms with Crippen molar-refractivity contribution in [2.24, 2.45) is 0 Å². The monoisotopic (exact) mass is 219 g/mol. The van der Waals surface area contributed by atoms with E-state index < -0.39 is 0 Å². The van der Waals surface area contributed by atoms with E-state index in [1.807, 2.05) is 13.0 Å². The second-order valence-electron chi connectivity index (χ2n) is 3.47. The third kappa shape index (κ3) is 2.02. The highest BCUT2D eigenvalue weighted by molar-refractivity contribution is 7.17. The Balaban J connectivity index is 2.45. The van der Waals surface area contributed by atoms with Crippen LogP contribution in [0.2, 0.25) is 0 Å². The maximum absolute atomic E-state index is 5.23. The molecule has 1 heterocycles. The molecule has 2 aromatic rings. The van der Waals surface area contributed by atoms with Crippen molar-refractivity contribution in [2.75, 3.05) is 7.11 Å². The van der Waals surface area contributed by atoms with E-state index >= 15 is 0 Å².